The zero-order valence-electron chi connectivity index (χ0n) is 10.1. The zero-order chi connectivity index (χ0) is 13.5. The number of nitrogens with zero attached hydrogens (tertiary/aromatic N) is 3. The number of halogens is 3. The summed E-state index contributed by atoms with van der Waals surface area (Å²) >= 11 is 0. The van der Waals surface area contributed by atoms with E-state index in [1.807, 2.05) is 0 Å². The monoisotopic (exact) mass is 261 g/mol. The van der Waals surface area contributed by atoms with Crippen molar-refractivity contribution < 1.29 is 13.2 Å². The van der Waals surface area contributed by atoms with Crippen molar-refractivity contribution in [3.05, 3.63) is 17.2 Å². The molecule has 5 nitrogen and oxygen atoms in total. The van der Waals surface area contributed by atoms with Gasteiger partial charge >= 0.3 is 6.18 Å². The molecule has 8 heteroatoms. The summed E-state index contributed by atoms with van der Waals surface area (Å²) in [6.07, 6.45) is -4.49. The molecule has 0 unspecified atom stereocenters. The van der Waals surface area contributed by atoms with Crippen molar-refractivity contribution in [2.75, 3.05) is 20.6 Å². The van der Waals surface area contributed by atoms with Crippen LogP contribution in [0.1, 0.15) is 17.2 Å². The molecule has 18 heavy (non-hydrogen) atoms. The average Bonchev–Trinajstić information content (AvgIpc) is 2.66. The van der Waals surface area contributed by atoms with Gasteiger partial charge in [-0.05, 0) is 0 Å². The minimum Gasteiger partial charge on any atom is -0.361 e. The highest BCUT2D eigenvalue weighted by Gasteiger charge is 2.40. The van der Waals surface area contributed by atoms with Crippen molar-refractivity contribution in [3.8, 4) is 0 Å². The summed E-state index contributed by atoms with van der Waals surface area (Å²) in [7, 11) is 3.22. The predicted molar refractivity (Wildman–Crippen MR) is 59.5 cm³/mol. The van der Waals surface area contributed by atoms with Crippen LogP contribution in [0.2, 0.25) is 0 Å². The molecule has 0 fully saturated rings. The van der Waals surface area contributed by atoms with Crippen LogP contribution in [0.15, 0.2) is 0 Å². The van der Waals surface area contributed by atoms with Gasteiger partial charge in [0.15, 0.2) is 0 Å². The molecule has 0 atom stereocenters. The van der Waals surface area contributed by atoms with E-state index in [1.165, 1.54) is 4.90 Å². The first kappa shape index (κ1) is 12.9. The smallest absolute Gasteiger partial charge is 0.361 e. The van der Waals surface area contributed by atoms with E-state index in [1.54, 1.807) is 14.1 Å². The average molecular weight is 261 g/mol. The Morgan fingerprint density at radius 2 is 2.11 bits per heavy atom. The summed E-state index contributed by atoms with van der Waals surface area (Å²) < 4.78 is 39.8. The Bertz CT molecular complexity index is 475. The number of rotatable bonds is 1. The van der Waals surface area contributed by atoms with Gasteiger partial charge in [0, 0.05) is 33.7 Å². The molecule has 2 N–H and O–H groups in total. The highest BCUT2D eigenvalue weighted by Crippen LogP contribution is 2.31. The van der Waals surface area contributed by atoms with Gasteiger partial charge in [0.05, 0.1) is 5.69 Å². The van der Waals surface area contributed by atoms with Gasteiger partial charge in [0.25, 0.3) is 0 Å². The fraction of sp³-hybridized carbons (Fsp3) is 0.600. The van der Waals surface area contributed by atoms with E-state index < -0.39 is 12.0 Å². The Hall–Kier alpha value is -1.57. The molecule has 1 aromatic rings. The van der Waals surface area contributed by atoms with E-state index in [4.69, 9.17) is 5.41 Å². The van der Waals surface area contributed by atoms with Crippen molar-refractivity contribution in [1.82, 2.24) is 19.8 Å². The number of hydrogen-bond acceptors (Lipinski definition) is 3. The first-order valence-corrected chi connectivity index (χ1v) is 5.46. The molecule has 0 bridgehead atoms. The maximum absolute atomic E-state index is 12.9. The van der Waals surface area contributed by atoms with Crippen LogP contribution in [0.3, 0.4) is 0 Å². The molecule has 0 aliphatic carbocycles. The third kappa shape index (κ3) is 2.07. The minimum atomic E-state index is -4.49. The molecule has 1 aliphatic heterocycles. The number of amidine groups is 1. The SMILES string of the molecule is CN(C)C(=N)c1nc(C(F)(F)F)n2c1CNCC2. The standard InChI is InChI=1S/C10H14F3N5/c1-17(2)8(14)7-6-5-15-3-4-18(6)9(16-7)10(11,12)13/h14-15H,3-5H2,1-2H3. The van der Waals surface area contributed by atoms with E-state index in [-0.39, 0.29) is 18.1 Å². The highest BCUT2D eigenvalue weighted by atomic mass is 19.4. The van der Waals surface area contributed by atoms with Gasteiger partial charge in [-0.1, -0.05) is 0 Å². The van der Waals surface area contributed by atoms with Gasteiger partial charge in [-0.25, -0.2) is 4.98 Å². The van der Waals surface area contributed by atoms with Crippen molar-refractivity contribution in [2.24, 2.45) is 0 Å². The highest BCUT2D eigenvalue weighted by molar-refractivity contribution is 5.95. The molecule has 0 saturated heterocycles. The molecule has 1 aliphatic rings. The second-order valence-electron chi connectivity index (χ2n) is 4.30. The van der Waals surface area contributed by atoms with E-state index in [0.717, 1.165) is 4.57 Å². The molecule has 2 heterocycles. The molecule has 2 rings (SSSR count). The van der Waals surface area contributed by atoms with Gasteiger partial charge < -0.3 is 14.8 Å². The summed E-state index contributed by atoms with van der Waals surface area (Å²) in [6.45, 7) is 0.994. The number of imidazole rings is 1. The first-order chi connectivity index (χ1) is 8.32. The molecule has 0 aromatic carbocycles. The molecule has 0 saturated carbocycles. The van der Waals surface area contributed by atoms with Crippen molar-refractivity contribution in [1.29, 1.82) is 5.41 Å². The van der Waals surface area contributed by atoms with Gasteiger partial charge in [-0.15, -0.1) is 0 Å². The fourth-order valence-electron chi connectivity index (χ4n) is 1.92. The van der Waals surface area contributed by atoms with Crippen molar-refractivity contribution in [2.45, 2.75) is 19.3 Å². The first-order valence-electron chi connectivity index (χ1n) is 5.46. The van der Waals surface area contributed by atoms with E-state index in [2.05, 4.69) is 10.3 Å². The quantitative estimate of drug-likeness (QED) is 0.583. The Morgan fingerprint density at radius 1 is 1.44 bits per heavy atom. The number of alkyl halides is 3. The summed E-state index contributed by atoms with van der Waals surface area (Å²) in [5.41, 5.74) is 0.520. The van der Waals surface area contributed by atoms with Crippen LogP contribution in [0.5, 0.6) is 0 Å². The molecule has 0 amide bonds. The Balaban J connectivity index is 2.55. The van der Waals surface area contributed by atoms with Crippen LogP contribution in [-0.4, -0.2) is 40.9 Å². The minimum absolute atomic E-state index is 0.0158. The molecular weight excluding hydrogens is 247 g/mol. The van der Waals surface area contributed by atoms with Crippen LogP contribution in [-0.2, 0) is 19.3 Å². The normalized spacial score (nSPS) is 15.4. The Labute approximate surface area is 102 Å². The van der Waals surface area contributed by atoms with E-state index >= 15 is 0 Å². The lowest BCUT2D eigenvalue weighted by Gasteiger charge is -2.20. The summed E-state index contributed by atoms with van der Waals surface area (Å²) in [4.78, 5) is 5.06. The predicted octanol–water partition coefficient (Wildman–Crippen LogP) is 0.892. The van der Waals surface area contributed by atoms with Crippen LogP contribution < -0.4 is 5.32 Å². The summed E-state index contributed by atoms with van der Waals surface area (Å²) in [5.74, 6) is -0.932. The number of nitrogens with one attached hydrogen (secondary N) is 2. The number of aromatic nitrogens is 2. The summed E-state index contributed by atoms with van der Waals surface area (Å²) in [6, 6.07) is 0. The van der Waals surface area contributed by atoms with Crippen LogP contribution in [0.25, 0.3) is 0 Å². The molecule has 100 valence electrons. The third-order valence-corrected chi connectivity index (χ3v) is 2.80. The van der Waals surface area contributed by atoms with Gasteiger partial charge in [-0.2, -0.15) is 13.2 Å². The van der Waals surface area contributed by atoms with E-state index in [0.29, 0.717) is 18.8 Å². The van der Waals surface area contributed by atoms with Crippen molar-refractivity contribution in [3.63, 3.8) is 0 Å². The van der Waals surface area contributed by atoms with Gasteiger partial charge in [0.2, 0.25) is 5.82 Å². The zero-order valence-corrected chi connectivity index (χ0v) is 10.1. The number of hydrogen-bond donors (Lipinski definition) is 2. The lowest BCUT2D eigenvalue weighted by Crippen LogP contribution is -2.32. The Morgan fingerprint density at radius 3 is 2.67 bits per heavy atom. The second kappa shape index (κ2) is 4.27. The lowest BCUT2D eigenvalue weighted by molar-refractivity contribution is -0.147. The topological polar surface area (TPSA) is 56.9 Å². The van der Waals surface area contributed by atoms with Crippen molar-refractivity contribution >= 4 is 5.84 Å². The Kier molecular flexibility index (Phi) is 3.05. The van der Waals surface area contributed by atoms with E-state index in [9.17, 15) is 13.2 Å². The van der Waals surface area contributed by atoms with Crippen LogP contribution in [0, 0.1) is 5.41 Å². The molecular formula is C10H14F3N5. The maximum Gasteiger partial charge on any atom is 0.449 e. The van der Waals surface area contributed by atoms with Gasteiger partial charge in [0.1, 0.15) is 11.5 Å². The lowest BCUT2D eigenvalue weighted by atomic mass is 10.2. The third-order valence-electron chi connectivity index (χ3n) is 2.80. The van der Waals surface area contributed by atoms with Gasteiger partial charge in [-0.3, -0.25) is 5.41 Å². The number of fused-ring (bicyclic) bond motifs is 1. The summed E-state index contributed by atoms with van der Waals surface area (Å²) in [5, 5.41) is 10.8. The molecule has 0 spiro atoms. The van der Waals surface area contributed by atoms with Crippen LogP contribution in [0.4, 0.5) is 13.2 Å². The molecule has 0 radical (unpaired) electrons. The fourth-order valence-corrected chi connectivity index (χ4v) is 1.92. The maximum atomic E-state index is 12.9. The van der Waals surface area contributed by atoms with Crippen LogP contribution >= 0.6 is 0 Å². The molecule has 1 aromatic heterocycles. The largest absolute Gasteiger partial charge is 0.449 e. The second-order valence-corrected chi connectivity index (χ2v) is 4.30.